The van der Waals surface area contributed by atoms with Gasteiger partial charge in [-0.1, -0.05) is 70.6 Å². The van der Waals surface area contributed by atoms with Crippen LogP contribution in [0, 0.1) is 5.92 Å². The second-order valence-corrected chi connectivity index (χ2v) is 6.66. The van der Waals surface area contributed by atoms with E-state index in [4.69, 9.17) is 0 Å². The molecule has 0 aromatic heterocycles. The molecule has 0 fully saturated rings. The molecule has 0 heterocycles. The fourth-order valence-corrected chi connectivity index (χ4v) is 3.63. The highest BCUT2D eigenvalue weighted by Crippen LogP contribution is 2.29. The first-order chi connectivity index (χ1) is 9.83. The summed E-state index contributed by atoms with van der Waals surface area (Å²) in [5.74, 6) is 0.951. The molecule has 0 heteroatoms. The van der Waals surface area contributed by atoms with Gasteiger partial charge in [-0.25, -0.2) is 0 Å². The van der Waals surface area contributed by atoms with E-state index in [9.17, 15) is 0 Å². The number of benzene rings is 1. The number of unbranched alkanes of at least 4 members (excludes halogenated alkanes) is 4. The third kappa shape index (κ3) is 4.65. The molecule has 2 rings (SSSR count). The van der Waals surface area contributed by atoms with Gasteiger partial charge in [0.15, 0.2) is 0 Å². The quantitative estimate of drug-likeness (QED) is 0.501. The monoisotopic (exact) mass is 272 g/mol. The molecule has 0 amide bonds. The van der Waals surface area contributed by atoms with Gasteiger partial charge in [0.2, 0.25) is 0 Å². The molecule has 1 atom stereocenters. The largest absolute Gasteiger partial charge is 0.0654 e. The van der Waals surface area contributed by atoms with Gasteiger partial charge in [0.05, 0.1) is 0 Å². The van der Waals surface area contributed by atoms with Crippen LogP contribution in [0.2, 0.25) is 0 Å². The minimum absolute atomic E-state index is 0.951. The molecule has 1 aliphatic carbocycles. The lowest BCUT2D eigenvalue weighted by molar-refractivity contribution is 0.422. The molecule has 0 spiro atoms. The zero-order valence-corrected chi connectivity index (χ0v) is 13.6. The fraction of sp³-hybridized carbons (Fsp3) is 0.700. The number of hydrogen-bond acceptors (Lipinski definition) is 0. The summed E-state index contributed by atoms with van der Waals surface area (Å²) in [4.78, 5) is 0. The Hall–Kier alpha value is -0.780. The second kappa shape index (κ2) is 8.49. The van der Waals surface area contributed by atoms with Gasteiger partial charge in [-0.05, 0) is 54.7 Å². The smallest absolute Gasteiger partial charge is 0.0248 e. The van der Waals surface area contributed by atoms with Crippen LogP contribution in [0.3, 0.4) is 0 Å². The third-order valence-electron chi connectivity index (χ3n) is 4.87. The van der Waals surface area contributed by atoms with Crippen molar-refractivity contribution in [1.29, 1.82) is 0 Å². The Kier molecular flexibility index (Phi) is 6.63. The van der Waals surface area contributed by atoms with E-state index in [1.165, 1.54) is 70.6 Å². The Balaban J connectivity index is 1.83. The van der Waals surface area contributed by atoms with E-state index >= 15 is 0 Å². The lowest BCUT2D eigenvalue weighted by Gasteiger charge is -2.24. The topological polar surface area (TPSA) is 0 Å². The third-order valence-corrected chi connectivity index (χ3v) is 4.87. The molecule has 0 aliphatic heterocycles. The van der Waals surface area contributed by atoms with Gasteiger partial charge in [0.25, 0.3) is 0 Å². The van der Waals surface area contributed by atoms with Crippen molar-refractivity contribution in [2.24, 2.45) is 5.92 Å². The number of fused-ring (bicyclic) bond motifs is 1. The van der Waals surface area contributed by atoms with E-state index in [1.807, 2.05) is 0 Å². The molecule has 1 aromatic rings. The Labute approximate surface area is 126 Å². The lowest BCUT2D eigenvalue weighted by atomic mass is 9.81. The van der Waals surface area contributed by atoms with Crippen LogP contribution in [-0.4, -0.2) is 0 Å². The van der Waals surface area contributed by atoms with E-state index in [1.54, 1.807) is 16.7 Å². The Bertz CT molecular complexity index is 391. The van der Waals surface area contributed by atoms with Crippen molar-refractivity contribution in [2.45, 2.75) is 84.5 Å². The van der Waals surface area contributed by atoms with Gasteiger partial charge in [0, 0.05) is 0 Å². The molecule has 20 heavy (non-hydrogen) atoms. The van der Waals surface area contributed by atoms with Gasteiger partial charge in [-0.3, -0.25) is 0 Å². The molecule has 0 N–H and O–H groups in total. The van der Waals surface area contributed by atoms with Crippen LogP contribution in [0.4, 0.5) is 0 Å². The second-order valence-electron chi connectivity index (χ2n) is 6.66. The zero-order valence-electron chi connectivity index (χ0n) is 13.6. The average molecular weight is 272 g/mol. The summed E-state index contributed by atoms with van der Waals surface area (Å²) in [6.45, 7) is 4.60. The standard InChI is InChI=1S/C20H32/c1-3-5-6-7-8-10-18-12-14-19-15-17(9-4-2)11-13-20(19)16-18/h12,14,16-17H,3-11,13,15H2,1-2H3. The molecule has 0 radical (unpaired) electrons. The Morgan fingerprint density at radius 3 is 2.60 bits per heavy atom. The molecule has 1 aliphatic rings. The van der Waals surface area contributed by atoms with Crippen molar-refractivity contribution < 1.29 is 0 Å². The number of hydrogen-bond donors (Lipinski definition) is 0. The average Bonchev–Trinajstić information content (AvgIpc) is 2.47. The Morgan fingerprint density at radius 1 is 0.950 bits per heavy atom. The molecule has 112 valence electrons. The van der Waals surface area contributed by atoms with E-state index in [2.05, 4.69) is 32.0 Å². The van der Waals surface area contributed by atoms with Gasteiger partial charge >= 0.3 is 0 Å². The maximum Gasteiger partial charge on any atom is -0.0248 e. The van der Waals surface area contributed by atoms with Crippen molar-refractivity contribution in [3.63, 3.8) is 0 Å². The van der Waals surface area contributed by atoms with Crippen LogP contribution in [0.25, 0.3) is 0 Å². The maximum atomic E-state index is 2.51. The van der Waals surface area contributed by atoms with Crippen LogP contribution in [0.5, 0.6) is 0 Å². The first-order valence-electron chi connectivity index (χ1n) is 8.94. The van der Waals surface area contributed by atoms with E-state index < -0.39 is 0 Å². The molecule has 0 saturated carbocycles. The molecule has 1 unspecified atom stereocenters. The highest BCUT2D eigenvalue weighted by atomic mass is 14.2. The van der Waals surface area contributed by atoms with E-state index in [0.29, 0.717) is 0 Å². The molecular weight excluding hydrogens is 240 g/mol. The number of aryl methyl sites for hydroxylation is 2. The van der Waals surface area contributed by atoms with Crippen molar-refractivity contribution in [1.82, 2.24) is 0 Å². The van der Waals surface area contributed by atoms with Crippen LogP contribution in [-0.2, 0) is 19.3 Å². The molecule has 0 nitrogen and oxygen atoms in total. The molecular formula is C20H32. The predicted octanol–water partition coefficient (Wildman–Crippen LogP) is 6.10. The van der Waals surface area contributed by atoms with Crippen LogP contribution < -0.4 is 0 Å². The highest BCUT2D eigenvalue weighted by molar-refractivity contribution is 5.34. The molecule has 0 saturated heterocycles. The summed E-state index contributed by atoms with van der Waals surface area (Å²) in [7, 11) is 0. The summed E-state index contributed by atoms with van der Waals surface area (Å²) in [6.07, 6.45) is 15.1. The summed E-state index contributed by atoms with van der Waals surface area (Å²) in [5.41, 5.74) is 4.88. The van der Waals surface area contributed by atoms with Crippen LogP contribution in [0.15, 0.2) is 18.2 Å². The molecule has 0 bridgehead atoms. The van der Waals surface area contributed by atoms with Crippen molar-refractivity contribution >= 4 is 0 Å². The first-order valence-corrected chi connectivity index (χ1v) is 8.94. The zero-order chi connectivity index (χ0) is 14.2. The normalized spacial score (nSPS) is 18.0. The van der Waals surface area contributed by atoms with E-state index in [0.717, 1.165) is 5.92 Å². The lowest BCUT2D eigenvalue weighted by Crippen LogP contribution is -2.14. The number of rotatable bonds is 8. The van der Waals surface area contributed by atoms with Gasteiger partial charge in [-0.2, -0.15) is 0 Å². The summed E-state index contributed by atoms with van der Waals surface area (Å²) in [5, 5.41) is 0. The summed E-state index contributed by atoms with van der Waals surface area (Å²) in [6, 6.07) is 7.34. The summed E-state index contributed by atoms with van der Waals surface area (Å²) < 4.78 is 0. The van der Waals surface area contributed by atoms with Crippen molar-refractivity contribution in [3.8, 4) is 0 Å². The van der Waals surface area contributed by atoms with Crippen molar-refractivity contribution in [3.05, 3.63) is 34.9 Å². The minimum atomic E-state index is 0.951. The first kappa shape index (κ1) is 15.6. The SMILES string of the molecule is CCCCCCCc1ccc2c(c1)CCC(CCC)C2. The summed E-state index contributed by atoms with van der Waals surface area (Å²) >= 11 is 0. The maximum absolute atomic E-state index is 2.51. The van der Waals surface area contributed by atoms with Gasteiger partial charge in [0.1, 0.15) is 0 Å². The van der Waals surface area contributed by atoms with Gasteiger partial charge in [-0.15, -0.1) is 0 Å². The molecule has 1 aromatic carbocycles. The van der Waals surface area contributed by atoms with E-state index in [-0.39, 0.29) is 0 Å². The van der Waals surface area contributed by atoms with Crippen LogP contribution in [0.1, 0.15) is 81.9 Å². The van der Waals surface area contributed by atoms with Crippen LogP contribution >= 0.6 is 0 Å². The minimum Gasteiger partial charge on any atom is -0.0654 e. The predicted molar refractivity (Wildman–Crippen MR) is 89.3 cm³/mol. The highest BCUT2D eigenvalue weighted by Gasteiger charge is 2.17. The fourth-order valence-electron chi connectivity index (χ4n) is 3.63. The van der Waals surface area contributed by atoms with Crippen molar-refractivity contribution in [2.75, 3.05) is 0 Å². The van der Waals surface area contributed by atoms with Gasteiger partial charge < -0.3 is 0 Å². The Morgan fingerprint density at radius 2 is 1.80 bits per heavy atom.